The van der Waals surface area contributed by atoms with Gasteiger partial charge in [-0.2, -0.15) is 0 Å². The van der Waals surface area contributed by atoms with Gasteiger partial charge >= 0.3 is 0 Å². The maximum atomic E-state index is 13.3. The van der Waals surface area contributed by atoms with Crippen LogP contribution in [0.3, 0.4) is 0 Å². The van der Waals surface area contributed by atoms with Crippen LogP contribution in [0.5, 0.6) is 0 Å². The SMILES string of the molecule is CN(C)c1nc(Nc2ccc(Cl)cc2)sc1C(=O)c1cnc2ccc(Br)cn12. The molecule has 28 heavy (non-hydrogen) atoms. The molecule has 142 valence electrons. The molecule has 0 unspecified atom stereocenters. The molecule has 0 bridgehead atoms. The molecule has 1 aromatic carbocycles. The molecule has 0 spiro atoms. The van der Waals surface area contributed by atoms with Crippen molar-refractivity contribution >= 4 is 66.9 Å². The van der Waals surface area contributed by atoms with Crippen molar-refractivity contribution in [2.24, 2.45) is 0 Å². The maximum absolute atomic E-state index is 13.3. The van der Waals surface area contributed by atoms with Crippen LogP contribution in [0.2, 0.25) is 5.02 Å². The first-order valence-electron chi connectivity index (χ1n) is 8.30. The second kappa shape index (κ2) is 7.54. The number of halogens is 2. The number of aromatic nitrogens is 3. The molecule has 0 amide bonds. The van der Waals surface area contributed by atoms with Gasteiger partial charge in [-0.15, -0.1) is 0 Å². The first-order chi connectivity index (χ1) is 13.4. The Balaban J connectivity index is 1.73. The lowest BCUT2D eigenvalue weighted by Crippen LogP contribution is -2.14. The Morgan fingerprint density at radius 3 is 2.68 bits per heavy atom. The van der Waals surface area contributed by atoms with Gasteiger partial charge in [0.25, 0.3) is 0 Å². The molecule has 1 N–H and O–H groups in total. The topological polar surface area (TPSA) is 62.5 Å². The van der Waals surface area contributed by atoms with Crippen molar-refractivity contribution in [2.45, 2.75) is 0 Å². The zero-order valence-corrected chi connectivity index (χ0v) is 18.1. The summed E-state index contributed by atoms with van der Waals surface area (Å²) < 4.78 is 2.65. The van der Waals surface area contributed by atoms with E-state index in [1.54, 1.807) is 22.7 Å². The van der Waals surface area contributed by atoms with Crippen molar-refractivity contribution in [2.75, 3.05) is 24.3 Å². The molecule has 4 aromatic rings. The summed E-state index contributed by atoms with van der Waals surface area (Å²) in [5.41, 5.74) is 2.05. The fourth-order valence-corrected chi connectivity index (χ4v) is 4.19. The second-order valence-electron chi connectivity index (χ2n) is 6.25. The predicted octanol–water partition coefficient (Wildman–Crippen LogP) is 5.25. The molecule has 3 heterocycles. The highest BCUT2D eigenvalue weighted by atomic mass is 79.9. The molecule has 6 nitrogen and oxygen atoms in total. The van der Waals surface area contributed by atoms with Crippen molar-refractivity contribution in [1.82, 2.24) is 14.4 Å². The molecule has 0 aliphatic carbocycles. The van der Waals surface area contributed by atoms with Gasteiger partial charge in [0.2, 0.25) is 5.78 Å². The van der Waals surface area contributed by atoms with Crippen molar-refractivity contribution in [3.05, 3.63) is 68.9 Å². The summed E-state index contributed by atoms with van der Waals surface area (Å²) in [5.74, 6) is 0.479. The molecule has 3 aromatic heterocycles. The van der Waals surface area contributed by atoms with E-state index in [-0.39, 0.29) is 5.78 Å². The average Bonchev–Trinajstić information content (AvgIpc) is 3.27. The van der Waals surface area contributed by atoms with E-state index in [4.69, 9.17) is 11.6 Å². The lowest BCUT2D eigenvalue weighted by molar-refractivity contribution is 0.103. The normalized spacial score (nSPS) is 11.0. The first kappa shape index (κ1) is 18.9. The Morgan fingerprint density at radius 1 is 1.21 bits per heavy atom. The van der Waals surface area contributed by atoms with Gasteiger partial charge in [0.1, 0.15) is 16.2 Å². The van der Waals surface area contributed by atoms with Crippen molar-refractivity contribution < 1.29 is 4.79 Å². The van der Waals surface area contributed by atoms with Crippen LogP contribution in [-0.2, 0) is 0 Å². The van der Waals surface area contributed by atoms with Crippen LogP contribution in [0.15, 0.2) is 53.3 Å². The van der Waals surface area contributed by atoms with E-state index >= 15 is 0 Å². The van der Waals surface area contributed by atoms with Gasteiger partial charge in [-0.1, -0.05) is 22.9 Å². The Kier molecular flexibility index (Phi) is 5.09. The first-order valence-corrected chi connectivity index (χ1v) is 10.3. The van der Waals surface area contributed by atoms with Gasteiger partial charge in [-0.3, -0.25) is 9.20 Å². The molecule has 0 atom stereocenters. The van der Waals surface area contributed by atoms with Crippen LogP contribution in [0.25, 0.3) is 5.65 Å². The van der Waals surface area contributed by atoms with E-state index < -0.39 is 0 Å². The van der Waals surface area contributed by atoms with E-state index in [2.05, 4.69) is 31.2 Å². The van der Waals surface area contributed by atoms with Crippen LogP contribution in [-0.4, -0.2) is 34.2 Å². The van der Waals surface area contributed by atoms with E-state index in [1.807, 2.05) is 49.5 Å². The van der Waals surface area contributed by atoms with Gasteiger partial charge in [-0.25, -0.2) is 9.97 Å². The summed E-state index contributed by atoms with van der Waals surface area (Å²) in [4.78, 5) is 24.6. The molecule has 0 aliphatic rings. The van der Waals surface area contributed by atoms with Gasteiger partial charge in [-0.05, 0) is 52.3 Å². The molecule has 0 saturated heterocycles. The highest BCUT2D eigenvalue weighted by Gasteiger charge is 2.24. The summed E-state index contributed by atoms with van der Waals surface area (Å²) in [7, 11) is 3.73. The average molecular weight is 477 g/mol. The zero-order chi connectivity index (χ0) is 19.8. The fraction of sp³-hybridized carbons (Fsp3) is 0.105. The Labute approximate surface area is 178 Å². The Bertz CT molecular complexity index is 1170. The number of carbonyl (C=O) groups is 1. The number of imidazole rings is 1. The third-order valence-corrected chi connectivity index (χ3v) is 5.72. The van der Waals surface area contributed by atoms with Crippen LogP contribution >= 0.6 is 38.9 Å². The smallest absolute Gasteiger partial charge is 0.225 e. The minimum absolute atomic E-state index is 0.129. The molecule has 0 radical (unpaired) electrons. The molecule has 0 aliphatic heterocycles. The number of hydrogen-bond acceptors (Lipinski definition) is 6. The number of pyridine rings is 1. The van der Waals surface area contributed by atoms with E-state index in [0.29, 0.717) is 32.2 Å². The quantitative estimate of drug-likeness (QED) is 0.399. The fourth-order valence-electron chi connectivity index (χ4n) is 2.71. The minimum atomic E-state index is -0.129. The number of hydrogen-bond donors (Lipinski definition) is 1. The molecular formula is C19H15BrClN5OS. The number of thiazole rings is 1. The number of rotatable bonds is 5. The summed E-state index contributed by atoms with van der Waals surface area (Å²) in [6.07, 6.45) is 3.42. The van der Waals surface area contributed by atoms with Gasteiger partial charge in [0, 0.05) is 35.5 Å². The molecule has 0 saturated carbocycles. The monoisotopic (exact) mass is 475 g/mol. The van der Waals surface area contributed by atoms with Crippen LogP contribution in [0.1, 0.15) is 15.4 Å². The number of ketones is 1. The summed E-state index contributed by atoms with van der Waals surface area (Å²) in [6, 6.07) is 11.1. The minimum Gasteiger partial charge on any atom is -0.361 e. The van der Waals surface area contributed by atoms with E-state index in [9.17, 15) is 4.79 Å². The van der Waals surface area contributed by atoms with Gasteiger partial charge < -0.3 is 10.2 Å². The molecule has 4 rings (SSSR count). The second-order valence-corrected chi connectivity index (χ2v) is 8.60. The van der Waals surface area contributed by atoms with Gasteiger partial charge in [0.15, 0.2) is 10.9 Å². The van der Waals surface area contributed by atoms with Gasteiger partial charge in [0.05, 0.1) is 6.20 Å². The van der Waals surface area contributed by atoms with E-state index in [1.165, 1.54) is 11.3 Å². The summed E-state index contributed by atoms with van der Waals surface area (Å²) in [6.45, 7) is 0. The van der Waals surface area contributed by atoms with Crippen molar-refractivity contribution in [3.63, 3.8) is 0 Å². The Morgan fingerprint density at radius 2 is 1.96 bits per heavy atom. The highest BCUT2D eigenvalue weighted by molar-refractivity contribution is 9.10. The molecule has 9 heteroatoms. The number of nitrogens with zero attached hydrogens (tertiary/aromatic N) is 4. The zero-order valence-electron chi connectivity index (χ0n) is 15.0. The van der Waals surface area contributed by atoms with Crippen LogP contribution in [0.4, 0.5) is 16.6 Å². The lowest BCUT2D eigenvalue weighted by Gasteiger charge is -2.10. The molecular weight excluding hydrogens is 462 g/mol. The third-order valence-electron chi connectivity index (χ3n) is 4.04. The summed E-state index contributed by atoms with van der Waals surface area (Å²) >= 11 is 10.7. The Hall–Kier alpha value is -2.42. The summed E-state index contributed by atoms with van der Waals surface area (Å²) in [5, 5.41) is 4.52. The number of benzene rings is 1. The van der Waals surface area contributed by atoms with Crippen LogP contribution < -0.4 is 10.2 Å². The number of anilines is 3. The highest BCUT2D eigenvalue weighted by Crippen LogP contribution is 2.33. The number of nitrogens with one attached hydrogen (secondary N) is 1. The van der Waals surface area contributed by atoms with Crippen LogP contribution in [0, 0.1) is 0 Å². The number of carbonyl (C=O) groups excluding carboxylic acids is 1. The largest absolute Gasteiger partial charge is 0.361 e. The van der Waals surface area contributed by atoms with E-state index in [0.717, 1.165) is 10.2 Å². The lowest BCUT2D eigenvalue weighted by atomic mass is 10.2. The number of fused-ring (bicyclic) bond motifs is 1. The van der Waals surface area contributed by atoms with Crippen molar-refractivity contribution in [1.29, 1.82) is 0 Å². The van der Waals surface area contributed by atoms with Crippen molar-refractivity contribution in [3.8, 4) is 0 Å². The predicted molar refractivity (Wildman–Crippen MR) is 118 cm³/mol. The molecule has 0 fully saturated rings. The third kappa shape index (κ3) is 3.63. The standard InChI is InChI=1S/C19H15BrClN5OS/c1-25(2)18-17(28-19(24-18)23-13-6-4-12(21)5-7-13)16(27)14-9-22-15-8-3-11(20)10-26(14)15/h3-10H,1-2H3,(H,23,24). The maximum Gasteiger partial charge on any atom is 0.225 e.